The van der Waals surface area contributed by atoms with Crippen molar-refractivity contribution < 1.29 is 8.42 Å². The summed E-state index contributed by atoms with van der Waals surface area (Å²) in [5, 5.41) is 9.87. The average molecular weight is 521 g/mol. The first kappa shape index (κ1) is 25.1. The van der Waals surface area contributed by atoms with E-state index >= 15 is 0 Å². The van der Waals surface area contributed by atoms with E-state index in [1.807, 2.05) is 39.4 Å². The third kappa shape index (κ3) is 5.01. The molecule has 0 amide bonds. The highest BCUT2D eigenvalue weighted by Gasteiger charge is 2.38. The van der Waals surface area contributed by atoms with Gasteiger partial charge in [0.05, 0.1) is 23.6 Å². The van der Waals surface area contributed by atoms with Crippen molar-refractivity contribution in [1.29, 1.82) is 0 Å². The molecule has 2 N–H and O–H groups in total. The number of benzene rings is 1. The highest BCUT2D eigenvalue weighted by atomic mass is 32.2. The van der Waals surface area contributed by atoms with Crippen molar-refractivity contribution in [1.82, 2.24) is 29.5 Å². The summed E-state index contributed by atoms with van der Waals surface area (Å²) >= 11 is 0. The van der Waals surface area contributed by atoms with Crippen LogP contribution in [0.4, 0.5) is 17.3 Å². The maximum absolute atomic E-state index is 11.7. The summed E-state index contributed by atoms with van der Waals surface area (Å²) in [5.74, 6) is 2.26. The fourth-order valence-electron chi connectivity index (χ4n) is 4.92. The minimum atomic E-state index is -3.25. The number of fused-ring (bicyclic) bond motifs is 1. The number of aromatic nitrogens is 5. The molecule has 3 aromatic heterocycles. The molecule has 0 aliphatic carbocycles. The quantitative estimate of drug-likeness (QED) is 0.379. The SMILES string of the molecule is Cc1nn(C)cc1-c1nccc(Nc2cc3c(C(C)C)ccc(N4C[C@H](NS(C)(=O)=O)[C@H]4C)c3cn2)n1. The van der Waals surface area contributed by atoms with Gasteiger partial charge in [-0.05, 0) is 48.9 Å². The van der Waals surface area contributed by atoms with Crippen LogP contribution in [0.2, 0.25) is 0 Å². The Morgan fingerprint density at radius 1 is 1.11 bits per heavy atom. The molecule has 11 heteroatoms. The summed E-state index contributed by atoms with van der Waals surface area (Å²) in [6, 6.07) is 8.08. The van der Waals surface area contributed by atoms with Crippen molar-refractivity contribution >= 4 is 38.1 Å². The van der Waals surface area contributed by atoms with Crippen molar-refractivity contribution in [2.24, 2.45) is 7.05 Å². The number of sulfonamides is 1. The van der Waals surface area contributed by atoms with Gasteiger partial charge in [0, 0.05) is 49.3 Å². The molecule has 0 radical (unpaired) electrons. The number of rotatable bonds is 7. The largest absolute Gasteiger partial charge is 0.365 e. The Balaban J connectivity index is 1.47. The normalized spacial score (nSPS) is 17.9. The van der Waals surface area contributed by atoms with Gasteiger partial charge in [-0.3, -0.25) is 4.68 Å². The molecule has 4 aromatic rings. The molecule has 0 unspecified atom stereocenters. The van der Waals surface area contributed by atoms with Crippen LogP contribution in [-0.4, -0.2) is 58.0 Å². The third-order valence-electron chi connectivity index (χ3n) is 6.84. The predicted molar refractivity (Wildman–Crippen MR) is 147 cm³/mol. The molecule has 194 valence electrons. The number of anilines is 3. The molecule has 10 nitrogen and oxygen atoms in total. The molecular weight excluding hydrogens is 488 g/mol. The van der Waals surface area contributed by atoms with Crippen molar-refractivity contribution in [2.45, 2.75) is 45.7 Å². The van der Waals surface area contributed by atoms with Crippen LogP contribution in [0.1, 0.15) is 37.9 Å². The van der Waals surface area contributed by atoms with Crippen LogP contribution in [0, 0.1) is 6.92 Å². The van der Waals surface area contributed by atoms with Crippen molar-refractivity contribution in [3.8, 4) is 11.4 Å². The number of hydrogen-bond donors (Lipinski definition) is 2. The van der Waals surface area contributed by atoms with E-state index in [4.69, 9.17) is 4.98 Å². The maximum atomic E-state index is 11.7. The summed E-state index contributed by atoms with van der Waals surface area (Å²) in [7, 11) is -1.38. The monoisotopic (exact) mass is 520 g/mol. The molecule has 1 fully saturated rings. The Hall–Kier alpha value is -3.57. The summed E-state index contributed by atoms with van der Waals surface area (Å²) < 4.78 is 27.9. The van der Waals surface area contributed by atoms with E-state index in [2.05, 4.69) is 62.1 Å². The van der Waals surface area contributed by atoms with Crippen LogP contribution in [0.15, 0.2) is 42.9 Å². The van der Waals surface area contributed by atoms with Gasteiger partial charge in [0.25, 0.3) is 0 Å². The lowest BCUT2D eigenvalue weighted by Crippen LogP contribution is -2.65. The van der Waals surface area contributed by atoms with Crippen molar-refractivity contribution in [3.63, 3.8) is 0 Å². The first-order valence-corrected chi connectivity index (χ1v) is 14.2. The highest BCUT2D eigenvalue weighted by molar-refractivity contribution is 7.88. The van der Waals surface area contributed by atoms with Crippen LogP contribution in [0.25, 0.3) is 22.2 Å². The molecular formula is C26H32N8O2S. The van der Waals surface area contributed by atoms with E-state index in [-0.39, 0.29) is 12.1 Å². The first-order chi connectivity index (χ1) is 17.5. The van der Waals surface area contributed by atoms with Gasteiger partial charge in [-0.25, -0.2) is 28.1 Å². The number of pyridine rings is 1. The predicted octanol–water partition coefficient (Wildman–Crippen LogP) is 3.73. The molecule has 0 saturated carbocycles. The zero-order chi connectivity index (χ0) is 26.5. The van der Waals surface area contributed by atoms with Crippen LogP contribution in [0.5, 0.6) is 0 Å². The van der Waals surface area contributed by atoms with Gasteiger partial charge in [0.15, 0.2) is 5.82 Å². The van der Waals surface area contributed by atoms with Gasteiger partial charge in [0.2, 0.25) is 10.0 Å². The second kappa shape index (κ2) is 9.38. The lowest BCUT2D eigenvalue weighted by molar-refractivity contribution is 0.376. The Morgan fingerprint density at radius 3 is 2.54 bits per heavy atom. The number of aryl methyl sites for hydroxylation is 2. The summed E-state index contributed by atoms with van der Waals surface area (Å²) in [6.07, 6.45) is 6.72. The van der Waals surface area contributed by atoms with E-state index in [0.717, 1.165) is 27.7 Å². The Kier molecular flexibility index (Phi) is 6.36. The number of nitrogens with one attached hydrogen (secondary N) is 2. The zero-order valence-corrected chi connectivity index (χ0v) is 22.7. The third-order valence-corrected chi connectivity index (χ3v) is 7.57. The average Bonchev–Trinajstić information content (AvgIpc) is 3.18. The molecule has 1 aliphatic heterocycles. The molecule has 0 bridgehead atoms. The molecule has 5 rings (SSSR count). The molecule has 2 atom stereocenters. The molecule has 1 aliphatic rings. The first-order valence-electron chi connectivity index (χ1n) is 12.3. The van der Waals surface area contributed by atoms with Crippen LogP contribution in [0.3, 0.4) is 0 Å². The lowest BCUT2D eigenvalue weighted by atomic mass is 9.92. The maximum Gasteiger partial charge on any atom is 0.209 e. The molecule has 37 heavy (non-hydrogen) atoms. The Labute approximate surface area is 217 Å². The Bertz CT molecular complexity index is 1580. The van der Waals surface area contributed by atoms with Gasteiger partial charge in [-0.1, -0.05) is 19.9 Å². The summed E-state index contributed by atoms with van der Waals surface area (Å²) in [4.78, 5) is 16.0. The van der Waals surface area contributed by atoms with E-state index in [9.17, 15) is 8.42 Å². The van der Waals surface area contributed by atoms with E-state index in [0.29, 0.717) is 29.9 Å². The minimum Gasteiger partial charge on any atom is -0.365 e. The number of nitrogens with zero attached hydrogens (tertiary/aromatic N) is 6. The van der Waals surface area contributed by atoms with E-state index in [1.165, 1.54) is 11.8 Å². The molecule has 1 aromatic carbocycles. The summed E-state index contributed by atoms with van der Waals surface area (Å²) in [6.45, 7) is 8.93. The standard InChI is InChI=1S/C26H32N8O2S/c1-15(2)18-7-8-23(34-14-22(17(34)4)32-37(6,35)36)20-12-28-25(11-19(18)20)29-24-9-10-27-26(30-24)21-13-33(5)31-16(21)3/h7-13,15,17,22,32H,14H2,1-6H3,(H,27,28,29,30)/t17-,22+/m1/s1. The molecule has 0 spiro atoms. The van der Waals surface area contributed by atoms with E-state index in [1.54, 1.807) is 10.9 Å². The summed E-state index contributed by atoms with van der Waals surface area (Å²) in [5.41, 5.74) is 4.02. The molecule has 4 heterocycles. The number of hydrogen-bond acceptors (Lipinski definition) is 8. The lowest BCUT2D eigenvalue weighted by Gasteiger charge is -2.48. The van der Waals surface area contributed by atoms with E-state index < -0.39 is 10.0 Å². The second-order valence-electron chi connectivity index (χ2n) is 10.0. The molecule has 1 saturated heterocycles. The van der Waals surface area contributed by atoms with Crippen molar-refractivity contribution in [3.05, 3.63) is 54.1 Å². The minimum absolute atomic E-state index is 0.0380. The van der Waals surface area contributed by atoms with Crippen LogP contribution < -0.4 is 14.9 Å². The smallest absolute Gasteiger partial charge is 0.209 e. The van der Waals surface area contributed by atoms with Gasteiger partial charge < -0.3 is 10.2 Å². The van der Waals surface area contributed by atoms with Crippen LogP contribution >= 0.6 is 0 Å². The van der Waals surface area contributed by atoms with Gasteiger partial charge in [-0.2, -0.15) is 5.10 Å². The van der Waals surface area contributed by atoms with Crippen LogP contribution in [-0.2, 0) is 17.1 Å². The second-order valence-corrected chi connectivity index (χ2v) is 11.8. The fourth-order valence-corrected chi connectivity index (χ4v) is 5.74. The van der Waals surface area contributed by atoms with Gasteiger partial charge in [-0.15, -0.1) is 0 Å². The van der Waals surface area contributed by atoms with Gasteiger partial charge >= 0.3 is 0 Å². The van der Waals surface area contributed by atoms with Gasteiger partial charge in [0.1, 0.15) is 11.6 Å². The van der Waals surface area contributed by atoms with Crippen molar-refractivity contribution in [2.75, 3.05) is 23.0 Å². The Morgan fingerprint density at radius 2 is 1.89 bits per heavy atom. The topological polar surface area (TPSA) is 118 Å². The zero-order valence-electron chi connectivity index (χ0n) is 21.9. The fraction of sp³-hybridized carbons (Fsp3) is 0.385. The highest BCUT2D eigenvalue weighted by Crippen LogP contribution is 2.38.